The number of rotatable bonds is 3. The number of nitrogens with zero attached hydrogens (tertiary/aromatic N) is 4. The van der Waals surface area contributed by atoms with Crippen molar-refractivity contribution < 1.29 is 5.11 Å². The van der Waals surface area contributed by atoms with Gasteiger partial charge in [0, 0.05) is 30.2 Å². The van der Waals surface area contributed by atoms with E-state index < -0.39 is 5.60 Å². The van der Waals surface area contributed by atoms with Gasteiger partial charge in [-0.25, -0.2) is 9.97 Å². The zero-order valence-corrected chi connectivity index (χ0v) is 13.3. The molecule has 5 heteroatoms. The summed E-state index contributed by atoms with van der Waals surface area (Å²) in [5.74, 6) is 0.765. The molecule has 0 bridgehead atoms. The van der Waals surface area contributed by atoms with Gasteiger partial charge in [0.15, 0.2) is 0 Å². The fourth-order valence-corrected chi connectivity index (χ4v) is 3.42. The fourth-order valence-electron chi connectivity index (χ4n) is 3.42. The van der Waals surface area contributed by atoms with E-state index in [9.17, 15) is 5.11 Å². The second kappa shape index (κ2) is 5.07. The van der Waals surface area contributed by atoms with Crippen LogP contribution in [-0.2, 0) is 6.54 Å². The van der Waals surface area contributed by atoms with Gasteiger partial charge in [-0.2, -0.15) is 0 Å². The number of aromatic nitrogens is 3. The minimum atomic E-state index is -0.666. The largest absolute Gasteiger partial charge is 0.389 e. The molecule has 1 saturated heterocycles. The van der Waals surface area contributed by atoms with Crippen LogP contribution in [0.25, 0.3) is 5.78 Å². The zero-order valence-electron chi connectivity index (χ0n) is 13.3. The molecular formula is C16H24N4O. The number of likely N-dealkylation sites (tertiary alicyclic amines) is 1. The first kappa shape index (κ1) is 14.5. The summed E-state index contributed by atoms with van der Waals surface area (Å²) in [6.45, 7) is 9.66. The molecule has 1 atom stereocenters. The second-order valence-electron chi connectivity index (χ2n) is 6.72. The Labute approximate surface area is 125 Å². The van der Waals surface area contributed by atoms with E-state index in [-0.39, 0.29) is 6.04 Å². The van der Waals surface area contributed by atoms with E-state index >= 15 is 0 Å². The minimum absolute atomic E-state index is 0.207. The lowest BCUT2D eigenvalue weighted by Gasteiger charge is -2.33. The summed E-state index contributed by atoms with van der Waals surface area (Å²) >= 11 is 0. The molecule has 0 aromatic carbocycles. The highest BCUT2D eigenvalue weighted by Gasteiger charge is 2.35. The molecule has 1 unspecified atom stereocenters. The normalized spacial score (nSPS) is 20.5. The molecule has 3 heterocycles. The lowest BCUT2D eigenvalue weighted by atomic mass is 9.96. The average Bonchev–Trinajstić information content (AvgIpc) is 2.95. The molecule has 1 N–H and O–H groups in total. The van der Waals surface area contributed by atoms with Crippen LogP contribution in [-0.4, -0.2) is 42.6 Å². The van der Waals surface area contributed by atoms with Gasteiger partial charge in [-0.15, -0.1) is 0 Å². The molecule has 21 heavy (non-hydrogen) atoms. The summed E-state index contributed by atoms with van der Waals surface area (Å²) in [5, 5.41) is 10.3. The number of aryl methyl sites for hydroxylation is 2. The summed E-state index contributed by atoms with van der Waals surface area (Å²) in [6.07, 6.45) is 4.25. The Morgan fingerprint density at radius 1 is 1.33 bits per heavy atom. The fraction of sp³-hybridized carbons (Fsp3) is 0.625. The predicted octanol–water partition coefficient (Wildman–Crippen LogP) is 2.08. The van der Waals surface area contributed by atoms with Crippen molar-refractivity contribution in [1.29, 1.82) is 0 Å². The third-order valence-electron chi connectivity index (χ3n) is 4.36. The van der Waals surface area contributed by atoms with Crippen LogP contribution in [0.5, 0.6) is 0 Å². The first-order chi connectivity index (χ1) is 9.84. The topological polar surface area (TPSA) is 53.7 Å². The number of hydrogen-bond donors (Lipinski definition) is 1. The zero-order chi connectivity index (χ0) is 15.2. The Morgan fingerprint density at radius 2 is 2.10 bits per heavy atom. The Kier molecular flexibility index (Phi) is 3.50. The van der Waals surface area contributed by atoms with E-state index in [0.29, 0.717) is 0 Å². The SMILES string of the molecule is Cc1cc(C)n2cc(CN3CCCC3C(C)(C)O)nc2n1. The van der Waals surface area contributed by atoms with Gasteiger partial charge in [0.25, 0.3) is 0 Å². The van der Waals surface area contributed by atoms with Crippen molar-refractivity contribution in [1.82, 2.24) is 19.3 Å². The van der Waals surface area contributed by atoms with Gasteiger partial charge >= 0.3 is 0 Å². The molecule has 1 aliphatic heterocycles. The highest BCUT2D eigenvalue weighted by atomic mass is 16.3. The molecule has 1 aliphatic rings. The monoisotopic (exact) mass is 288 g/mol. The summed E-state index contributed by atoms with van der Waals surface area (Å²) in [4.78, 5) is 11.5. The lowest BCUT2D eigenvalue weighted by Crippen LogP contribution is -2.45. The highest BCUT2D eigenvalue weighted by molar-refractivity contribution is 5.34. The standard InChI is InChI=1S/C16H24N4O/c1-11-8-12(2)20-10-13(18-15(20)17-11)9-19-7-5-6-14(19)16(3,4)21/h8,10,14,21H,5-7,9H2,1-4H3. The van der Waals surface area contributed by atoms with Gasteiger partial charge in [-0.1, -0.05) is 0 Å². The van der Waals surface area contributed by atoms with Gasteiger partial charge < -0.3 is 5.11 Å². The Hall–Kier alpha value is -1.46. The van der Waals surface area contributed by atoms with Crippen molar-refractivity contribution in [3.8, 4) is 0 Å². The Balaban J connectivity index is 1.87. The molecule has 0 spiro atoms. The summed E-state index contributed by atoms with van der Waals surface area (Å²) in [5.41, 5.74) is 2.50. The quantitative estimate of drug-likeness (QED) is 0.939. The van der Waals surface area contributed by atoms with Gasteiger partial charge in [-0.05, 0) is 53.1 Å². The molecule has 0 aliphatic carbocycles. The molecule has 2 aromatic rings. The van der Waals surface area contributed by atoms with Crippen LogP contribution in [0.4, 0.5) is 0 Å². The molecule has 0 amide bonds. The van der Waals surface area contributed by atoms with Crippen molar-refractivity contribution in [2.45, 2.75) is 58.7 Å². The Bertz CT molecular complexity index is 656. The van der Waals surface area contributed by atoms with E-state index in [2.05, 4.69) is 34.1 Å². The molecule has 114 valence electrons. The molecule has 0 radical (unpaired) electrons. The van der Waals surface area contributed by atoms with Crippen LogP contribution in [0.2, 0.25) is 0 Å². The van der Waals surface area contributed by atoms with Crippen molar-refractivity contribution in [3.05, 3.63) is 29.3 Å². The number of imidazole rings is 1. The maximum Gasteiger partial charge on any atom is 0.234 e. The molecule has 5 nitrogen and oxygen atoms in total. The first-order valence-electron chi connectivity index (χ1n) is 7.63. The van der Waals surface area contributed by atoms with Gasteiger partial charge in [-0.3, -0.25) is 9.30 Å². The molecule has 3 rings (SSSR count). The Morgan fingerprint density at radius 3 is 2.81 bits per heavy atom. The van der Waals surface area contributed by atoms with E-state index in [1.54, 1.807) is 0 Å². The maximum absolute atomic E-state index is 10.3. The van der Waals surface area contributed by atoms with E-state index in [4.69, 9.17) is 0 Å². The summed E-state index contributed by atoms with van der Waals surface area (Å²) in [6, 6.07) is 2.27. The van der Waals surface area contributed by atoms with Crippen LogP contribution < -0.4 is 0 Å². The van der Waals surface area contributed by atoms with Crippen LogP contribution >= 0.6 is 0 Å². The van der Waals surface area contributed by atoms with Crippen LogP contribution in [0.3, 0.4) is 0 Å². The number of fused-ring (bicyclic) bond motifs is 1. The third-order valence-corrected chi connectivity index (χ3v) is 4.36. The van der Waals surface area contributed by atoms with Gasteiger partial charge in [0.2, 0.25) is 5.78 Å². The van der Waals surface area contributed by atoms with Gasteiger partial charge in [0.05, 0.1) is 11.3 Å². The molecule has 1 fully saturated rings. The minimum Gasteiger partial charge on any atom is -0.389 e. The second-order valence-corrected chi connectivity index (χ2v) is 6.72. The molecule has 0 saturated carbocycles. The van der Waals surface area contributed by atoms with Crippen LogP contribution in [0, 0.1) is 13.8 Å². The highest BCUT2D eigenvalue weighted by Crippen LogP contribution is 2.28. The smallest absolute Gasteiger partial charge is 0.234 e. The predicted molar refractivity (Wildman–Crippen MR) is 82.2 cm³/mol. The van der Waals surface area contributed by atoms with E-state index in [1.807, 2.05) is 25.2 Å². The van der Waals surface area contributed by atoms with Crippen LogP contribution in [0.15, 0.2) is 12.3 Å². The van der Waals surface area contributed by atoms with Crippen molar-refractivity contribution in [3.63, 3.8) is 0 Å². The van der Waals surface area contributed by atoms with Gasteiger partial charge in [0.1, 0.15) is 0 Å². The molecular weight excluding hydrogens is 264 g/mol. The van der Waals surface area contributed by atoms with E-state index in [1.165, 1.54) is 0 Å². The van der Waals surface area contributed by atoms with Crippen molar-refractivity contribution >= 4 is 5.78 Å². The van der Waals surface area contributed by atoms with Crippen molar-refractivity contribution in [2.75, 3.05) is 6.54 Å². The third kappa shape index (κ3) is 2.80. The lowest BCUT2D eigenvalue weighted by molar-refractivity contribution is -0.00532. The number of aliphatic hydroxyl groups is 1. The number of hydrogen-bond acceptors (Lipinski definition) is 4. The van der Waals surface area contributed by atoms with Crippen molar-refractivity contribution in [2.24, 2.45) is 0 Å². The average molecular weight is 288 g/mol. The molecule has 2 aromatic heterocycles. The maximum atomic E-state index is 10.3. The summed E-state index contributed by atoms with van der Waals surface area (Å²) in [7, 11) is 0. The first-order valence-corrected chi connectivity index (χ1v) is 7.63. The van der Waals surface area contributed by atoms with Crippen LogP contribution in [0.1, 0.15) is 43.8 Å². The van der Waals surface area contributed by atoms with E-state index in [0.717, 1.165) is 48.8 Å². The summed E-state index contributed by atoms with van der Waals surface area (Å²) < 4.78 is 2.04.